The van der Waals surface area contributed by atoms with Crippen LogP contribution in [0.2, 0.25) is 0 Å². The van der Waals surface area contributed by atoms with Crippen LogP contribution in [0.1, 0.15) is 12.8 Å². The van der Waals surface area contributed by atoms with E-state index in [2.05, 4.69) is 33.7 Å². The van der Waals surface area contributed by atoms with Crippen LogP contribution in [0.15, 0.2) is 0 Å². The van der Waals surface area contributed by atoms with Crippen molar-refractivity contribution in [1.29, 1.82) is 0 Å². The van der Waals surface area contributed by atoms with Crippen LogP contribution in [0.4, 0.5) is 0 Å². The minimum atomic E-state index is -0.282. The molecule has 0 amide bonds. The SMILES string of the molecule is CN1CCC(O)N2CCN(C)CCCN(CC1)CC2.O. The minimum Gasteiger partial charge on any atom is -0.412 e. The van der Waals surface area contributed by atoms with Crippen LogP contribution in [0.3, 0.4) is 0 Å². The Morgan fingerprint density at radius 1 is 0.750 bits per heavy atom. The Balaban J connectivity index is 0.00000200. The van der Waals surface area contributed by atoms with Gasteiger partial charge in [0.25, 0.3) is 0 Å². The molecule has 0 aromatic rings. The summed E-state index contributed by atoms with van der Waals surface area (Å²) in [5.41, 5.74) is 0. The fourth-order valence-electron chi connectivity index (χ4n) is 2.93. The lowest BCUT2D eigenvalue weighted by Gasteiger charge is -2.36. The molecule has 120 valence electrons. The highest BCUT2D eigenvalue weighted by atomic mass is 16.3. The Labute approximate surface area is 123 Å². The van der Waals surface area contributed by atoms with Crippen LogP contribution in [-0.4, -0.2) is 109 Å². The summed E-state index contributed by atoms with van der Waals surface area (Å²) in [6.45, 7) is 9.74. The number of hydrogen-bond donors (Lipinski definition) is 1. The molecule has 0 aromatic carbocycles. The summed E-state index contributed by atoms with van der Waals surface area (Å²) < 4.78 is 0. The van der Waals surface area contributed by atoms with Crippen LogP contribution < -0.4 is 0 Å². The Hall–Kier alpha value is -0.240. The molecule has 6 heteroatoms. The van der Waals surface area contributed by atoms with E-state index in [0.29, 0.717) is 0 Å². The summed E-state index contributed by atoms with van der Waals surface area (Å²) in [6.07, 6.45) is 1.83. The molecule has 0 aliphatic carbocycles. The summed E-state index contributed by atoms with van der Waals surface area (Å²) >= 11 is 0. The van der Waals surface area contributed by atoms with E-state index < -0.39 is 0 Å². The van der Waals surface area contributed by atoms with Crippen molar-refractivity contribution in [3.63, 3.8) is 0 Å². The fourth-order valence-corrected chi connectivity index (χ4v) is 2.93. The molecule has 0 spiro atoms. The molecule has 3 N–H and O–H groups in total. The molecular weight excluding hydrogens is 256 g/mol. The normalized spacial score (nSPS) is 35.2. The maximum atomic E-state index is 10.4. The number of rotatable bonds is 0. The average molecular weight is 288 g/mol. The van der Waals surface area contributed by atoms with Crippen LogP contribution in [0.25, 0.3) is 0 Å². The van der Waals surface area contributed by atoms with E-state index in [1.807, 2.05) is 0 Å². The summed E-state index contributed by atoms with van der Waals surface area (Å²) in [7, 11) is 4.35. The van der Waals surface area contributed by atoms with Crippen LogP contribution in [0.5, 0.6) is 0 Å². The second-order valence-electron chi connectivity index (χ2n) is 6.11. The van der Waals surface area contributed by atoms with Crippen LogP contribution in [-0.2, 0) is 0 Å². The molecule has 2 bridgehead atoms. The maximum Gasteiger partial charge on any atom is 0.108 e. The molecule has 3 unspecified atom stereocenters. The van der Waals surface area contributed by atoms with Gasteiger partial charge in [0.1, 0.15) is 6.23 Å². The first-order valence-corrected chi connectivity index (χ1v) is 7.67. The number of hydrogen-bond acceptors (Lipinski definition) is 5. The summed E-state index contributed by atoms with van der Waals surface area (Å²) in [6, 6.07) is 0. The van der Waals surface area contributed by atoms with Crippen molar-refractivity contribution in [1.82, 2.24) is 19.6 Å². The van der Waals surface area contributed by atoms with Crippen molar-refractivity contribution in [2.24, 2.45) is 0 Å². The quantitative estimate of drug-likeness (QED) is 0.604. The smallest absolute Gasteiger partial charge is 0.108 e. The predicted octanol–water partition coefficient (Wildman–Crippen LogP) is -1.24. The van der Waals surface area contributed by atoms with E-state index >= 15 is 0 Å². The zero-order valence-electron chi connectivity index (χ0n) is 13.1. The molecule has 2 fully saturated rings. The highest BCUT2D eigenvalue weighted by molar-refractivity contribution is 4.73. The Morgan fingerprint density at radius 3 is 2.15 bits per heavy atom. The van der Waals surface area contributed by atoms with Crippen LogP contribution >= 0.6 is 0 Å². The molecule has 0 saturated carbocycles. The van der Waals surface area contributed by atoms with Crippen LogP contribution in [0, 0.1) is 0 Å². The minimum absolute atomic E-state index is 0. The van der Waals surface area contributed by atoms with Crippen molar-refractivity contribution < 1.29 is 10.6 Å². The third kappa shape index (κ3) is 5.63. The lowest BCUT2D eigenvalue weighted by molar-refractivity contribution is -0.0232. The fraction of sp³-hybridized carbons (Fsp3) is 1.00. The standard InChI is InChI=1S/C14H30N4O.H2O/c1-15-5-3-6-17-10-8-16(2)7-4-14(19)18(12-9-15)13-11-17;/h14,19H,3-13H2,1-2H3;1H2. The van der Waals surface area contributed by atoms with Crippen molar-refractivity contribution >= 4 is 0 Å². The van der Waals surface area contributed by atoms with Gasteiger partial charge in [0.2, 0.25) is 0 Å². The molecule has 2 heterocycles. The van der Waals surface area contributed by atoms with Gasteiger partial charge in [-0.3, -0.25) is 4.90 Å². The van der Waals surface area contributed by atoms with Gasteiger partial charge < -0.3 is 25.3 Å². The zero-order valence-corrected chi connectivity index (χ0v) is 13.1. The highest BCUT2D eigenvalue weighted by Gasteiger charge is 2.20. The van der Waals surface area contributed by atoms with Crippen molar-refractivity contribution in [3.8, 4) is 0 Å². The Morgan fingerprint density at radius 2 is 1.35 bits per heavy atom. The van der Waals surface area contributed by atoms with Gasteiger partial charge >= 0.3 is 0 Å². The Kier molecular flexibility index (Phi) is 7.94. The molecule has 20 heavy (non-hydrogen) atoms. The summed E-state index contributed by atoms with van der Waals surface area (Å²) in [4.78, 5) is 9.55. The molecule has 0 radical (unpaired) electrons. The van der Waals surface area contributed by atoms with Crippen molar-refractivity contribution in [2.45, 2.75) is 19.1 Å². The van der Waals surface area contributed by atoms with Crippen molar-refractivity contribution in [2.75, 3.05) is 73.0 Å². The van der Waals surface area contributed by atoms with Gasteiger partial charge in [-0.15, -0.1) is 0 Å². The number of likely N-dealkylation sites (N-methyl/N-ethyl adjacent to an activating group) is 2. The monoisotopic (exact) mass is 288 g/mol. The number of fused-ring (bicyclic) bond motifs is 3. The van der Waals surface area contributed by atoms with Gasteiger partial charge in [-0.1, -0.05) is 0 Å². The lowest BCUT2D eigenvalue weighted by Crippen LogP contribution is -2.49. The second kappa shape index (κ2) is 8.92. The van der Waals surface area contributed by atoms with Gasteiger partial charge in [0.05, 0.1) is 0 Å². The molecule has 6 nitrogen and oxygen atoms in total. The van der Waals surface area contributed by atoms with E-state index in [1.54, 1.807) is 0 Å². The van der Waals surface area contributed by atoms with E-state index in [1.165, 1.54) is 13.0 Å². The molecule has 2 saturated heterocycles. The largest absolute Gasteiger partial charge is 0.412 e. The maximum absolute atomic E-state index is 10.4. The average Bonchev–Trinajstić information content (AvgIpc) is 2.40. The second-order valence-corrected chi connectivity index (χ2v) is 6.11. The zero-order chi connectivity index (χ0) is 13.7. The van der Waals surface area contributed by atoms with E-state index in [9.17, 15) is 5.11 Å². The van der Waals surface area contributed by atoms with Gasteiger partial charge in [-0.05, 0) is 40.0 Å². The van der Waals surface area contributed by atoms with E-state index in [-0.39, 0.29) is 11.7 Å². The van der Waals surface area contributed by atoms with Crippen molar-refractivity contribution in [3.05, 3.63) is 0 Å². The van der Waals surface area contributed by atoms with Gasteiger partial charge in [0.15, 0.2) is 0 Å². The number of aliphatic hydroxyl groups is 1. The predicted molar refractivity (Wildman–Crippen MR) is 81.9 cm³/mol. The number of aliphatic hydroxyl groups excluding tert-OH is 1. The van der Waals surface area contributed by atoms with E-state index in [0.717, 1.165) is 58.8 Å². The molecule has 3 atom stereocenters. The molecule has 2 rings (SSSR count). The Bertz CT molecular complexity index is 266. The topological polar surface area (TPSA) is 64.7 Å². The molecule has 2 aliphatic rings. The van der Waals surface area contributed by atoms with Gasteiger partial charge in [0, 0.05) is 45.8 Å². The lowest BCUT2D eigenvalue weighted by atomic mass is 10.2. The van der Waals surface area contributed by atoms with Gasteiger partial charge in [-0.25, -0.2) is 0 Å². The number of nitrogens with zero attached hydrogens (tertiary/aromatic N) is 4. The molecule has 2 aliphatic heterocycles. The van der Waals surface area contributed by atoms with Gasteiger partial charge in [-0.2, -0.15) is 0 Å². The third-order valence-electron chi connectivity index (χ3n) is 4.48. The first-order chi connectivity index (χ1) is 9.15. The summed E-state index contributed by atoms with van der Waals surface area (Å²) in [5, 5.41) is 10.4. The van der Waals surface area contributed by atoms with E-state index in [4.69, 9.17) is 0 Å². The highest BCUT2D eigenvalue weighted by Crippen LogP contribution is 2.08. The first kappa shape index (κ1) is 17.8. The third-order valence-corrected chi connectivity index (χ3v) is 4.48. The molecular formula is C14H32N4O2. The molecule has 0 aromatic heterocycles. The first-order valence-electron chi connectivity index (χ1n) is 7.67. The summed E-state index contributed by atoms with van der Waals surface area (Å²) in [5.74, 6) is 0.